The zero-order valence-corrected chi connectivity index (χ0v) is 10.6. The molecule has 2 unspecified atom stereocenters. The van der Waals surface area contributed by atoms with E-state index in [0.29, 0.717) is 6.61 Å². The molecule has 1 heterocycles. The van der Waals surface area contributed by atoms with Crippen molar-refractivity contribution in [2.45, 2.75) is 64.3 Å². The standard InChI is InChI=1S/C13H23N3O/c1-2-7-16-10-15-8-11(16)9-17-13-6-4-3-5-12(13)14/h8,10,12-13H,2-7,9,14H2,1H3. The molecule has 4 nitrogen and oxygen atoms in total. The highest BCUT2D eigenvalue weighted by atomic mass is 16.5. The quantitative estimate of drug-likeness (QED) is 0.853. The Balaban J connectivity index is 1.86. The van der Waals surface area contributed by atoms with Crippen molar-refractivity contribution in [1.29, 1.82) is 0 Å². The summed E-state index contributed by atoms with van der Waals surface area (Å²) in [6, 6.07) is 0.214. The largest absolute Gasteiger partial charge is 0.370 e. The summed E-state index contributed by atoms with van der Waals surface area (Å²) in [6.45, 7) is 3.81. The maximum Gasteiger partial charge on any atom is 0.0948 e. The predicted molar refractivity (Wildman–Crippen MR) is 67.5 cm³/mol. The Morgan fingerprint density at radius 1 is 1.47 bits per heavy atom. The molecule has 17 heavy (non-hydrogen) atoms. The molecule has 2 N–H and O–H groups in total. The molecule has 1 aromatic rings. The molecule has 1 saturated carbocycles. The van der Waals surface area contributed by atoms with Gasteiger partial charge in [0, 0.05) is 12.6 Å². The van der Waals surface area contributed by atoms with Gasteiger partial charge in [0.25, 0.3) is 0 Å². The van der Waals surface area contributed by atoms with Crippen molar-refractivity contribution >= 4 is 0 Å². The van der Waals surface area contributed by atoms with Crippen molar-refractivity contribution in [3.05, 3.63) is 18.2 Å². The van der Waals surface area contributed by atoms with Gasteiger partial charge in [0.1, 0.15) is 0 Å². The molecule has 2 atom stereocenters. The summed E-state index contributed by atoms with van der Waals surface area (Å²) in [4.78, 5) is 4.18. The Morgan fingerprint density at radius 3 is 3.06 bits per heavy atom. The molecule has 0 aromatic carbocycles. The topological polar surface area (TPSA) is 53.1 Å². The van der Waals surface area contributed by atoms with E-state index in [1.807, 2.05) is 12.5 Å². The van der Waals surface area contributed by atoms with Gasteiger partial charge in [0.05, 0.1) is 30.9 Å². The van der Waals surface area contributed by atoms with Crippen molar-refractivity contribution < 1.29 is 4.74 Å². The normalized spacial score (nSPS) is 25.1. The molecule has 96 valence electrons. The summed E-state index contributed by atoms with van der Waals surface area (Å²) in [6.07, 6.45) is 9.80. The average Bonchev–Trinajstić information content (AvgIpc) is 2.76. The van der Waals surface area contributed by atoms with Crippen molar-refractivity contribution in [2.24, 2.45) is 5.73 Å². The number of nitrogens with zero attached hydrogens (tertiary/aromatic N) is 2. The second-order valence-electron chi connectivity index (χ2n) is 4.88. The second kappa shape index (κ2) is 6.17. The van der Waals surface area contributed by atoms with Crippen LogP contribution < -0.4 is 5.73 Å². The average molecular weight is 237 g/mol. The lowest BCUT2D eigenvalue weighted by atomic mass is 9.93. The van der Waals surface area contributed by atoms with E-state index in [0.717, 1.165) is 31.5 Å². The number of hydrogen-bond donors (Lipinski definition) is 1. The number of hydrogen-bond acceptors (Lipinski definition) is 3. The molecule has 2 rings (SSSR count). The highest BCUT2D eigenvalue weighted by molar-refractivity contribution is 4.96. The van der Waals surface area contributed by atoms with E-state index >= 15 is 0 Å². The van der Waals surface area contributed by atoms with Crippen LogP contribution in [0, 0.1) is 0 Å². The predicted octanol–water partition coefficient (Wildman–Crippen LogP) is 2.08. The highest BCUT2D eigenvalue weighted by Gasteiger charge is 2.22. The fraction of sp³-hybridized carbons (Fsp3) is 0.769. The van der Waals surface area contributed by atoms with E-state index in [4.69, 9.17) is 10.5 Å². The van der Waals surface area contributed by atoms with Gasteiger partial charge in [0.2, 0.25) is 0 Å². The zero-order valence-electron chi connectivity index (χ0n) is 10.6. The van der Waals surface area contributed by atoms with Crippen molar-refractivity contribution in [1.82, 2.24) is 9.55 Å². The van der Waals surface area contributed by atoms with Crippen LogP contribution in [0.3, 0.4) is 0 Å². The molecular weight excluding hydrogens is 214 g/mol. The summed E-state index contributed by atoms with van der Waals surface area (Å²) in [5.74, 6) is 0. The summed E-state index contributed by atoms with van der Waals surface area (Å²) in [7, 11) is 0. The van der Waals surface area contributed by atoms with E-state index in [1.54, 1.807) is 0 Å². The molecule has 1 aliphatic rings. The monoisotopic (exact) mass is 237 g/mol. The molecule has 1 aromatic heterocycles. The van der Waals surface area contributed by atoms with E-state index in [1.165, 1.54) is 12.8 Å². The maximum absolute atomic E-state index is 6.07. The SMILES string of the molecule is CCCn1cncc1COC1CCCCC1N. The first-order chi connectivity index (χ1) is 8.31. The molecular formula is C13H23N3O. The molecule has 1 aliphatic carbocycles. The van der Waals surface area contributed by atoms with Gasteiger partial charge < -0.3 is 15.0 Å². The third-order valence-electron chi connectivity index (χ3n) is 3.46. The number of rotatable bonds is 5. The van der Waals surface area contributed by atoms with Gasteiger partial charge in [-0.2, -0.15) is 0 Å². The van der Waals surface area contributed by atoms with Crippen LogP contribution in [0.5, 0.6) is 0 Å². The maximum atomic E-state index is 6.07. The number of nitrogens with two attached hydrogens (primary N) is 1. The van der Waals surface area contributed by atoms with Crippen LogP contribution in [0.25, 0.3) is 0 Å². The highest BCUT2D eigenvalue weighted by Crippen LogP contribution is 2.20. The lowest BCUT2D eigenvalue weighted by Crippen LogP contribution is -2.39. The Hall–Kier alpha value is -0.870. The fourth-order valence-electron chi connectivity index (χ4n) is 2.44. The lowest BCUT2D eigenvalue weighted by Gasteiger charge is -2.28. The number of ether oxygens (including phenoxy) is 1. The smallest absolute Gasteiger partial charge is 0.0948 e. The first-order valence-electron chi connectivity index (χ1n) is 6.67. The molecule has 0 saturated heterocycles. The van der Waals surface area contributed by atoms with Crippen LogP contribution in [0.2, 0.25) is 0 Å². The van der Waals surface area contributed by atoms with Gasteiger partial charge >= 0.3 is 0 Å². The summed E-state index contributed by atoms with van der Waals surface area (Å²) >= 11 is 0. The third-order valence-corrected chi connectivity index (χ3v) is 3.46. The van der Waals surface area contributed by atoms with Gasteiger partial charge in [-0.1, -0.05) is 19.8 Å². The van der Waals surface area contributed by atoms with E-state index < -0.39 is 0 Å². The minimum Gasteiger partial charge on any atom is -0.370 e. The molecule has 0 aliphatic heterocycles. The van der Waals surface area contributed by atoms with Crippen LogP contribution in [-0.4, -0.2) is 21.7 Å². The Kier molecular flexibility index (Phi) is 4.57. The van der Waals surface area contributed by atoms with Gasteiger partial charge in [-0.3, -0.25) is 0 Å². The summed E-state index contributed by atoms with van der Waals surface area (Å²) < 4.78 is 8.10. The van der Waals surface area contributed by atoms with Crippen molar-refractivity contribution in [3.8, 4) is 0 Å². The molecule has 0 amide bonds. The van der Waals surface area contributed by atoms with Crippen LogP contribution in [-0.2, 0) is 17.9 Å². The minimum atomic E-state index is 0.214. The Morgan fingerprint density at radius 2 is 2.29 bits per heavy atom. The fourth-order valence-corrected chi connectivity index (χ4v) is 2.44. The van der Waals surface area contributed by atoms with Crippen LogP contribution in [0.4, 0.5) is 0 Å². The Labute approximate surface area is 103 Å². The molecule has 1 fully saturated rings. The first-order valence-corrected chi connectivity index (χ1v) is 6.67. The van der Waals surface area contributed by atoms with Crippen LogP contribution in [0.15, 0.2) is 12.5 Å². The van der Waals surface area contributed by atoms with Crippen LogP contribution in [0.1, 0.15) is 44.7 Å². The number of aryl methyl sites for hydroxylation is 1. The lowest BCUT2D eigenvalue weighted by molar-refractivity contribution is 0.00135. The second-order valence-corrected chi connectivity index (χ2v) is 4.88. The van der Waals surface area contributed by atoms with Gasteiger partial charge in [-0.05, 0) is 19.3 Å². The Bertz CT molecular complexity index is 337. The summed E-state index contributed by atoms with van der Waals surface area (Å²) in [5, 5.41) is 0. The zero-order chi connectivity index (χ0) is 12.1. The molecule has 0 spiro atoms. The summed E-state index contributed by atoms with van der Waals surface area (Å²) in [5.41, 5.74) is 7.22. The van der Waals surface area contributed by atoms with Crippen molar-refractivity contribution in [3.63, 3.8) is 0 Å². The van der Waals surface area contributed by atoms with Crippen molar-refractivity contribution in [2.75, 3.05) is 0 Å². The van der Waals surface area contributed by atoms with E-state index in [-0.39, 0.29) is 12.1 Å². The number of imidazole rings is 1. The molecule has 0 bridgehead atoms. The van der Waals surface area contributed by atoms with Gasteiger partial charge in [0.15, 0.2) is 0 Å². The first kappa shape index (κ1) is 12.6. The molecule has 4 heteroatoms. The van der Waals surface area contributed by atoms with Gasteiger partial charge in [-0.15, -0.1) is 0 Å². The van der Waals surface area contributed by atoms with E-state index in [9.17, 15) is 0 Å². The molecule has 0 radical (unpaired) electrons. The third kappa shape index (κ3) is 3.30. The number of aromatic nitrogens is 2. The van der Waals surface area contributed by atoms with Gasteiger partial charge in [-0.25, -0.2) is 4.98 Å². The van der Waals surface area contributed by atoms with E-state index in [2.05, 4.69) is 16.5 Å². The van der Waals surface area contributed by atoms with Crippen LogP contribution >= 0.6 is 0 Å². The minimum absolute atomic E-state index is 0.214.